The zero-order valence-corrected chi connectivity index (χ0v) is 30.4. The number of nitrogens with zero attached hydrogens (tertiary/aromatic N) is 1. The van der Waals surface area contributed by atoms with Gasteiger partial charge in [0.05, 0.1) is 25.6 Å². The first-order chi connectivity index (χ1) is 23.3. The van der Waals surface area contributed by atoms with E-state index in [0.717, 1.165) is 23.0 Å². The van der Waals surface area contributed by atoms with Crippen molar-refractivity contribution in [3.05, 3.63) is 123 Å². The molecule has 1 aromatic heterocycles. The number of hydrogen-bond donors (Lipinski definition) is 1. The third-order valence-corrected chi connectivity index (χ3v) is 9.21. The number of halogens is 1. The number of esters is 1. The zero-order chi connectivity index (χ0) is 35.7. The first kappa shape index (κ1) is 37.2. The summed E-state index contributed by atoms with van der Waals surface area (Å²) in [5, 5.41) is 4.10. The fourth-order valence-corrected chi connectivity index (χ4v) is 6.39. The van der Waals surface area contributed by atoms with Crippen molar-refractivity contribution in [1.82, 2.24) is 9.88 Å². The highest BCUT2D eigenvalue weighted by Crippen LogP contribution is 2.40. The van der Waals surface area contributed by atoms with Gasteiger partial charge in [-0.2, -0.15) is 0 Å². The number of hydrogen-bond acceptors (Lipinski definition) is 5. The number of rotatable bonds is 12. The molecular weight excluding hydrogens is 636 g/mol. The molecule has 4 rings (SSSR count). The lowest BCUT2D eigenvalue weighted by Crippen LogP contribution is -2.29. The molecule has 0 atom stereocenters. The predicted octanol–water partition coefficient (Wildman–Crippen LogP) is 9.03. The largest absolute Gasteiger partial charge is 0.497 e. The highest BCUT2D eigenvalue weighted by atomic mass is 35.5. The van der Waals surface area contributed by atoms with Crippen molar-refractivity contribution in [3.63, 3.8) is 0 Å². The van der Waals surface area contributed by atoms with Crippen molar-refractivity contribution in [2.24, 2.45) is 5.41 Å². The van der Waals surface area contributed by atoms with Crippen LogP contribution >= 0.6 is 11.6 Å². The number of methoxy groups -OCH3 is 1. The smallest absolute Gasteiger partial charge is 0.331 e. The van der Waals surface area contributed by atoms with E-state index in [0.29, 0.717) is 33.1 Å². The van der Waals surface area contributed by atoms with Crippen LogP contribution in [-0.4, -0.2) is 42.6 Å². The van der Waals surface area contributed by atoms with Crippen LogP contribution < -0.4 is 10.1 Å². The quantitative estimate of drug-likeness (QED) is 0.0892. The number of carbonyl (C=O) groups excluding carboxylic acids is 3. The molecule has 2 aromatic carbocycles. The van der Waals surface area contributed by atoms with Gasteiger partial charge in [0.25, 0.3) is 5.91 Å². The Balaban J connectivity index is 1.31. The molecule has 0 saturated carbocycles. The van der Waals surface area contributed by atoms with Gasteiger partial charge in [0.1, 0.15) is 12.4 Å². The van der Waals surface area contributed by atoms with Crippen LogP contribution in [0.2, 0.25) is 5.02 Å². The Hall–Kier alpha value is -4.62. The van der Waals surface area contributed by atoms with E-state index in [2.05, 4.69) is 45.2 Å². The SMILES string of the molecule is COc1ccc2c(c1)c(CC(=O)NCCOC(=O)\C=C(C)/C=C/C=C(C)/C=C/C1=C(C)CCCC1(C)C)c(C)n2C(=O)c1ccc(Cl)cc1. The molecule has 7 nitrogen and oxygen atoms in total. The van der Waals surface area contributed by atoms with E-state index in [1.54, 1.807) is 42.0 Å². The van der Waals surface area contributed by atoms with Crippen LogP contribution in [0.1, 0.15) is 75.5 Å². The Morgan fingerprint density at radius 1 is 1.02 bits per heavy atom. The van der Waals surface area contributed by atoms with Crippen LogP contribution in [-0.2, 0) is 20.7 Å². The van der Waals surface area contributed by atoms with Gasteiger partial charge < -0.3 is 14.8 Å². The monoisotopic (exact) mass is 682 g/mol. The van der Waals surface area contributed by atoms with Gasteiger partial charge in [-0.05, 0) is 112 Å². The van der Waals surface area contributed by atoms with Crippen LogP contribution in [0.3, 0.4) is 0 Å². The second-order valence-electron chi connectivity index (χ2n) is 13.2. The molecule has 1 heterocycles. The van der Waals surface area contributed by atoms with E-state index in [1.807, 2.05) is 44.2 Å². The number of aromatic nitrogens is 1. The summed E-state index contributed by atoms with van der Waals surface area (Å²) in [7, 11) is 1.57. The average Bonchev–Trinajstić information content (AvgIpc) is 3.32. The molecule has 0 unspecified atom stereocenters. The Bertz CT molecular complexity index is 1870. The molecule has 0 saturated heterocycles. The minimum absolute atomic E-state index is 0.0249. The third-order valence-electron chi connectivity index (χ3n) is 8.96. The molecule has 8 heteroatoms. The van der Waals surface area contributed by atoms with E-state index >= 15 is 0 Å². The van der Waals surface area contributed by atoms with E-state index < -0.39 is 5.97 Å². The summed E-state index contributed by atoms with van der Waals surface area (Å²) >= 11 is 6.03. The minimum Gasteiger partial charge on any atom is -0.497 e. The van der Waals surface area contributed by atoms with Crippen molar-refractivity contribution in [1.29, 1.82) is 0 Å². The summed E-state index contributed by atoms with van der Waals surface area (Å²) in [4.78, 5) is 38.9. The lowest BCUT2D eigenvalue weighted by atomic mass is 9.72. The number of allylic oxidation sites excluding steroid dienone is 9. The summed E-state index contributed by atoms with van der Waals surface area (Å²) in [5.41, 5.74) is 7.48. The summed E-state index contributed by atoms with van der Waals surface area (Å²) in [5.74, 6) is -0.351. The maximum absolute atomic E-state index is 13.5. The van der Waals surface area contributed by atoms with E-state index in [-0.39, 0.29) is 36.8 Å². The van der Waals surface area contributed by atoms with E-state index in [4.69, 9.17) is 21.1 Å². The molecule has 1 N–H and O–H groups in total. The number of nitrogens with one attached hydrogen (secondary N) is 1. The van der Waals surface area contributed by atoms with Gasteiger partial charge in [-0.15, -0.1) is 0 Å². The topological polar surface area (TPSA) is 86.6 Å². The molecule has 49 heavy (non-hydrogen) atoms. The first-order valence-corrected chi connectivity index (χ1v) is 17.0. The Morgan fingerprint density at radius 3 is 2.45 bits per heavy atom. The lowest BCUT2D eigenvalue weighted by molar-refractivity contribution is -0.138. The van der Waals surface area contributed by atoms with Crippen LogP contribution in [0.25, 0.3) is 10.9 Å². The highest BCUT2D eigenvalue weighted by Gasteiger charge is 2.26. The van der Waals surface area contributed by atoms with Gasteiger partial charge in [-0.3, -0.25) is 14.2 Å². The third kappa shape index (κ3) is 9.73. The van der Waals surface area contributed by atoms with Gasteiger partial charge in [0, 0.05) is 27.7 Å². The van der Waals surface area contributed by atoms with Crippen molar-refractivity contribution < 1.29 is 23.9 Å². The van der Waals surface area contributed by atoms with Crippen molar-refractivity contribution in [2.45, 2.75) is 67.2 Å². The first-order valence-electron chi connectivity index (χ1n) is 16.6. The fraction of sp³-hybridized carbons (Fsp3) is 0.341. The van der Waals surface area contributed by atoms with E-state index in [1.165, 1.54) is 30.1 Å². The number of fused-ring (bicyclic) bond motifs is 1. The predicted molar refractivity (Wildman–Crippen MR) is 198 cm³/mol. The standard InChI is InChI=1S/C41H47ClN2O5/c1-27(13-19-36-29(3)12-9-21-41(36,5)6)10-8-11-28(2)24-39(46)49-23-22-43-38(45)26-34-30(4)44(37-20-18-33(48-7)25-35(34)37)40(47)31-14-16-32(42)17-15-31/h8,10-11,13-20,24-25H,9,12,21-23,26H2,1-7H3,(H,43,45)/b11-8+,19-13+,27-10+,28-24-. The normalized spacial score (nSPS) is 15.3. The molecule has 0 bridgehead atoms. The molecule has 1 amide bonds. The molecular formula is C41H47ClN2O5. The maximum atomic E-state index is 13.5. The molecule has 0 spiro atoms. The van der Waals surface area contributed by atoms with Gasteiger partial charge in [0.2, 0.25) is 5.91 Å². The molecule has 3 aromatic rings. The van der Waals surface area contributed by atoms with Crippen LogP contribution in [0.4, 0.5) is 0 Å². The fourth-order valence-electron chi connectivity index (χ4n) is 6.27. The van der Waals surface area contributed by atoms with Crippen molar-refractivity contribution in [3.8, 4) is 5.75 Å². The second kappa shape index (κ2) is 16.7. The van der Waals surface area contributed by atoms with Gasteiger partial charge in [-0.1, -0.05) is 67.0 Å². The summed E-state index contributed by atoms with van der Waals surface area (Å²) in [6.45, 7) is 12.7. The molecule has 0 radical (unpaired) electrons. The van der Waals surface area contributed by atoms with Gasteiger partial charge in [0.15, 0.2) is 0 Å². The number of amides is 1. The van der Waals surface area contributed by atoms with Crippen LogP contribution in [0.15, 0.2) is 101 Å². The molecule has 0 aliphatic heterocycles. The van der Waals surface area contributed by atoms with Crippen LogP contribution in [0, 0.1) is 12.3 Å². The van der Waals surface area contributed by atoms with Gasteiger partial charge >= 0.3 is 5.97 Å². The maximum Gasteiger partial charge on any atom is 0.331 e. The second-order valence-corrected chi connectivity index (χ2v) is 13.6. The minimum atomic E-state index is -0.481. The number of carbonyl (C=O) groups is 3. The Kier molecular flexibility index (Phi) is 12.7. The highest BCUT2D eigenvalue weighted by molar-refractivity contribution is 6.30. The Labute approximate surface area is 295 Å². The number of benzene rings is 2. The molecule has 258 valence electrons. The van der Waals surface area contributed by atoms with E-state index in [9.17, 15) is 14.4 Å². The number of ether oxygens (including phenoxy) is 2. The zero-order valence-electron chi connectivity index (χ0n) is 29.6. The van der Waals surface area contributed by atoms with Crippen LogP contribution in [0.5, 0.6) is 5.75 Å². The summed E-state index contributed by atoms with van der Waals surface area (Å²) in [6, 6.07) is 12.1. The lowest BCUT2D eigenvalue weighted by Gasteiger charge is -2.32. The summed E-state index contributed by atoms with van der Waals surface area (Å²) in [6.07, 6.45) is 15.3. The molecule has 1 aliphatic rings. The summed E-state index contributed by atoms with van der Waals surface area (Å²) < 4.78 is 12.3. The van der Waals surface area contributed by atoms with Crippen molar-refractivity contribution in [2.75, 3.05) is 20.3 Å². The molecule has 1 aliphatic carbocycles. The van der Waals surface area contributed by atoms with Crippen molar-refractivity contribution >= 4 is 40.3 Å². The average molecular weight is 683 g/mol. The Morgan fingerprint density at radius 2 is 1.76 bits per heavy atom. The molecule has 0 fully saturated rings. The van der Waals surface area contributed by atoms with Gasteiger partial charge in [-0.25, -0.2) is 4.79 Å².